The number of aromatic nitrogens is 1. The summed E-state index contributed by atoms with van der Waals surface area (Å²) in [6, 6.07) is 1.13. The zero-order valence-electron chi connectivity index (χ0n) is 8.85. The third-order valence-electron chi connectivity index (χ3n) is 2.47. The molecule has 0 unspecified atom stereocenters. The fraction of sp³-hybridized carbons (Fsp3) is 0.700. The van der Waals surface area contributed by atoms with Gasteiger partial charge in [-0.05, 0) is 12.8 Å². The minimum absolute atomic E-state index is 0.0771. The van der Waals surface area contributed by atoms with Crippen molar-refractivity contribution >= 4 is 6.01 Å². The van der Waals surface area contributed by atoms with Crippen molar-refractivity contribution in [2.24, 2.45) is 0 Å². The van der Waals surface area contributed by atoms with Crippen molar-refractivity contribution in [1.82, 2.24) is 4.98 Å². The Morgan fingerprint density at radius 3 is 3.00 bits per heavy atom. The lowest BCUT2D eigenvalue weighted by molar-refractivity contribution is 0.203. The van der Waals surface area contributed by atoms with Crippen LogP contribution in [0, 0.1) is 0 Å². The summed E-state index contributed by atoms with van der Waals surface area (Å²) >= 11 is 0. The molecule has 0 saturated heterocycles. The molecule has 0 radical (unpaired) electrons. The molecule has 1 aliphatic carbocycles. The fourth-order valence-corrected chi connectivity index (χ4v) is 1.51. The van der Waals surface area contributed by atoms with Gasteiger partial charge in [0.15, 0.2) is 0 Å². The number of ether oxygens (including phenoxy) is 1. The van der Waals surface area contributed by atoms with Crippen molar-refractivity contribution < 1.29 is 14.3 Å². The summed E-state index contributed by atoms with van der Waals surface area (Å²) in [5.41, 5.74) is 0.577. The second-order valence-corrected chi connectivity index (χ2v) is 3.70. The first-order valence-corrected chi connectivity index (χ1v) is 5.16. The fourth-order valence-electron chi connectivity index (χ4n) is 1.51. The number of hydrogen-bond donors (Lipinski definition) is 1. The predicted molar refractivity (Wildman–Crippen MR) is 54.7 cm³/mol. The van der Waals surface area contributed by atoms with E-state index in [-0.39, 0.29) is 6.61 Å². The van der Waals surface area contributed by atoms with Gasteiger partial charge in [-0.25, -0.2) is 0 Å². The first-order valence-electron chi connectivity index (χ1n) is 5.16. The molecule has 1 aliphatic rings. The van der Waals surface area contributed by atoms with Crippen molar-refractivity contribution in [3.63, 3.8) is 0 Å². The van der Waals surface area contributed by atoms with Gasteiger partial charge >= 0.3 is 0 Å². The van der Waals surface area contributed by atoms with Crippen LogP contribution in [0.5, 0.6) is 0 Å². The largest absolute Gasteiger partial charge is 0.432 e. The average molecular weight is 212 g/mol. The van der Waals surface area contributed by atoms with Gasteiger partial charge in [0, 0.05) is 19.7 Å². The summed E-state index contributed by atoms with van der Waals surface area (Å²) in [5.74, 6) is 0. The highest BCUT2D eigenvalue weighted by Crippen LogP contribution is 2.30. The normalized spacial score (nSPS) is 15.6. The van der Waals surface area contributed by atoms with E-state index in [0.717, 1.165) is 6.54 Å². The molecule has 1 saturated carbocycles. The van der Waals surface area contributed by atoms with E-state index < -0.39 is 0 Å². The first kappa shape index (κ1) is 10.4. The zero-order valence-corrected chi connectivity index (χ0v) is 8.85. The van der Waals surface area contributed by atoms with Crippen molar-refractivity contribution in [2.75, 3.05) is 25.2 Å². The van der Waals surface area contributed by atoms with Crippen LogP contribution in [0.25, 0.3) is 0 Å². The van der Waals surface area contributed by atoms with E-state index in [1.54, 1.807) is 7.11 Å². The van der Waals surface area contributed by atoms with E-state index in [0.29, 0.717) is 24.4 Å². The third kappa shape index (κ3) is 2.49. The summed E-state index contributed by atoms with van der Waals surface area (Å²) in [7, 11) is 1.68. The summed E-state index contributed by atoms with van der Waals surface area (Å²) in [6.07, 6.45) is 3.86. The van der Waals surface area contributed by atoms with E-state index in [2.05, 4.69) is 9.88 Å². The SMILES string of the molecule is COCCN(c1nc(CO)co1)C1CC1. The Labute approximate surface area is 88.7 Å². The van der Waals surface area contributed by atoms with Gasteiger partial charge in [0.2, 0.25) is 0 Å². The molecule has 1 fully saturated rings. The van der Waals surface area contributed by atoms with Gasteiger partial charge in [-0.1, -0.05) is 0 Å². The molecule has 1 aromatic heterocycles. The highest BCUT2D eigenvalue weighted by Gasteiger charge is 2.31. The molecule has 0 spiro atoms. The number of rotatable bonds is 6. The molecule has 5 nitrogen and oxygen atoms in total. The summed E-state index contributed by atoms with van der Waals surface area (Å²) in [5, 5.41) is 8.90. The first-order chi connectivity index (χ1) is 7.35. The summed E-state index contributed by atoms with van der Waals surface area (Å²) in [4.78, 5) is 6.30. The molecular weight excluding hydrogens is 196 g/mol. The number of nitrogens with zero attached hydrogens (tertiary/aromatic N) is 2. The lowest BCUT2D eigenvalue weighted by atomic mass is 10.5. The Morgan fingerprint density at radius 1 is 1.67 bits per heavy atom. The van der Waals surface area contributed by atoms with Crippen LogP contribution in [0.1, 0.15) is 18.5 Å². The van der Waals surface area contributed by atoms with Gasteiger partial charge in [0.05, 0.1) is 13.2 Å². The van der Waals surface area contributed by atoms with Gasteiger partial charge in [-0.15, -0.1) is 0 Å². The minimum atomic E-state index is -0.0771. The van der Waals surface area contributed by atoms with Gasteiger partial charge in [0.25, 0.3) is 6.01 Å². The molecule has 84 valence electrons. The molecule has 1 aromatic rings. The highest BCUT2D eigenvalue weighted by molar-refractivity contribution is 5.31. The maximum absolute atomic E-state index is 8.90. The highest BCUT2D eigenvalue weighted by atomic mass is 16.5. The van der Waals surface area contributed by atoms with Crippen molar-refractivity contribution in [1.29, 1.82) is 0 Å². The lowest BCUT2D eigenvalue weighted by Crippen LogP contribution is -2.29. The number of methoxy groups -OCH3 is 1. The second kappa shape index (κ2) is 4.63. The van der Waals surface area contributed by atoms with Crippen LogP contribution < -0.4 is 4.90 Å². The molecular formula is C10H16N2O3. The van der Waals surface area contributed by atoms with Crippen LogP contribution in [0.2, 0.25) is 0 Å². The van der Waals surface area contributed by atoms with Gasteiger partial charge in [0.1, 0.15) is 12.0 Å². The van der Waals surface area contributed by atoms with Crippen molar-refractivity contribution in [3.8, 4) is 0 Å². The monoisotopic (exact) mass is 212 g/mol. The molecule has 0 aromatic carbocycles. The molecule has 15 heavy (non-hydrogen) atoms. The standard InChI is InChI=1S/C10H16N2O3/c1-14-5-4-12(9-2-3-9)10-11-8(6-13)7-15-10/h7,9,13H,2-6H2,1H3. The molecule has 1 heterocycles. The molecule has 0 aliphatic heterocycles. The Balaban J connectivity index is 2.02. The third-order valence-corrected chi connectivity index (χ3v) is 2.47. The van der Waals surface area contributed by atoms with E-state index in [1.807, 2.05) is 0 Å². The van der Waals surface area contributed by atoms with Gasteiger partial charge < -0.3 is 19.2 Å². The van der Waals surface area contributed by atoms with E-state index in [9.17, 15) is 0 Å². The van der Waals surface area contributed by atoms with E-state index in [1.165, 1.54) is 19.1 Å². The maximum atomic E-state index is 8.90. The molecule has 2 rings (SSSR count). The van der Waals surface area contributed by atoms with Crippen LogP contribution in [0.15, 0.2) is 10.7 Å². The Hall–Kier alpha value is -1.07. The zero-order chi connectivity index (χ0) is 10.7. The number of aliphatic hydroxyl groups is 1. The predicted octanol–water partition coefficient (Wildman–Crippen LogP) is 0.782. The van der Waals surface area contributed by atoms with Gasteiger partial charge in [-0.3, -0.25) is 0 Å². The second-order valence-electron chi connectivity index (χ2n) is 3.70. The summed E-state index contributed by atoms with van der Waals surface area (Å²) < 4.78 is 10.4. The topological polar surface area (TPSA) is 58.7 Å². The Bertz CT molecular complexity index is 309. The van der Waals surface area contributed by atoms with Crippen LogP contribution in [-0.2, 0) is 11.3 Å². The van der Waals surface area contributed by atoms with E-state index in [4.69, 9.17) is 14.3 Å². The van der Waals surface area contributed by atoms with Crippen LogP contribution in [-0.4, -0.2) is 36.4 Å². The van der Waals surface area contributed by atoms with Gasteiger partial charge in [-0.2, -0.15) is 4.98 Å². The molecule has 0 bridgehead atoms. The van der Waals surface area contributed by atoms with Crippen molar-refractivity contribution in [2.45, 2.75) is 25.5 Å². The van der Waals surface area contributed by atoms with Crippen molar-refractivity contribution in [3.05, 3.63) is 12.0 Å². The molecule has 5 heteroatoms. The number of hydrogen-bond acceptors (Lipinski definition) is 5. The molecule has 0 amide bonds. The van der Waals surface area contributed by atoms with E-state index >= 15 is 0 Å². The number of oxazole rings is 1. The van der Waals surface area contributed by atoms with Crippen LogP contribution >= 0.6 is 0 Å². The number of aliphatic hydroxyl groups excluding tert-OH is 1. The quantitative estimate of drug-likeness (QED) is 0.755. The van der Waals surface area contributed by atoms with Crippen LogP contribution in [0.4, 0.5) is 6.01 Å². The minimum Gasteiger partial charge on any atom is -0.432 e. The lowest BCUT2D eigenvalue weighted by Gasteiger charge is -2.19. The average Bonchev–Trinajstić information content (AvgIpc) is 2.97. The molecule has 0 atom stereocenters. The smallest absolute Gasteiger partial charge is 0.297 e. The number of anilines is 1. The summed E-state index contributed by atoms with van der Waals surface area (Å²) in [6.45, 7) is 1.37. The molecule has 1 N–H and O–H groups in total. The van der Waals surface area contributed by atoms with Crippen LogP contribution in [0.3, 0.4) is 0 Å². The Kier molecular flexibility index (Phi) is 3.23. The maximum Gasteiger partial charge on any atom is 0.297 e. The Morgan fingerprint density at radius 2 is 2.47 bits per heavy atom.